The average molecular weight is 359 g/mol. The SMILES string of the molecule is CCCN(CCC)c1ccc(-c2ccc(-c3c(C)cncc3C#N)o2)cc1. The summed E-state index contributed by atoms with van der Waals surface area (Å²) in [5.41, 5.74) is 4.54. The molecule has 2 heterocycles. The van der Waals surface area contributed by atoms with Crippen molar-refractivity contribution in [3.05, 3.63) is 59.9 Å². The summed E-state index contributed by atoms with van der Waals surface area (Å²) in [4.78, 5) is 6.51. The lowest BCUT2D eigenvalue weighted by atomic mass is 10.0. The molecule has 0 N–H and O–H groups in total. The lowest BCUT2D eigenvalue weighted by Crippen LogP contribution is -2.24. The Kier molecular flexibility index (Phi) is 5.93. The number of aromatic nitrogens is 1. The predicted molar refractivity (Wildman–Crippen MR) is 110 cm³/mol. The monoisotopic (exact) mass is 359 g/mol. The molecule has 3 rings (SSSR count). The molecule has 0 atom stereocenters. The van der Waals surface area contributed by atoms with Gasteiger partial charge in [0.15, 0.2) is 0 Å². The van der Waals surface area contributed by atoms with E-state index in [9.17, 15) is 5.26 Å². The highest BCUT2D eigenvalue weighted by Gasteiger charge is 2.14. The first kappa shape index (κ1) is 18.7. The van der Waals surface area contributed by atoms with Crippen molar-refractivity contribution < 1.29 is 4.42 Å². The van der Waals surface area contributed by atoms with Crippen molar-refractivity contribution in [1.82, 2.24) is 4.98 Å². The number of nitrogens with zero attached hydrogens (tertiary/aromatic N) is 3. The van der Waals surface area contributed by atoms with Gasteiger partial charge in [-0.15, -0.1) is 0 Å². The van der Waals surface area contributed by atoms with E-state index in [-0.39, 0.29) is 0 Å². The largest absolute Gasteiger partial charge is 0.456 e. The summed E-state index contributed by atoms with van der Waals surface area (Å²) >= 11 is 0. The van der Waals surface area contributed by atoms with E-state index < -0.39 is 0 Å². The molecule has 4 heteroatoms. The van der Waals surface area contributed by atoms with Crippen molar-refractivity contribution in [2.24, 2.45) is 0 Å². The quantitative estimate of drug-likeness (QED) is 0.534. The molecule has 0 aliphatic rings. The molecule has 138 valence electrons. The van der Waals surface area contributed by atoms with Crippen LogP contribution in [0, 0.1) is 18.3 Å². The van der Waals surface area contributed by atoms with Gasteiger partial charge in [0, 0.05) is 42.3 Å². The normalized spacial score (nSPS) is 10.6. The molecule has 1 aromatic carbocycles. The summed E-state index contributed by atoms with van der Waals surface area (Å²) in [5, 5.41) is 9.36. The van der Waals surface area contributed by atoms with Crippen LogP contribution in [0.25, 0.3) is 22.6 Å². The zero-order valence-corrected chi connectivity index (χ0v) is 16.2. The molecule has 0 saturated heterocycles. The molecular weight excluding hydrogens is 334 g/mol. The number of nitriles is 1. The maximum atomic E-state index is 9.36. The summed E-state index contributed by atoms with van der Waals surface area (Å²) in [6.45, 7) is 8.49. The molecule has 4 nitrogen and oxygen atoms in total. The van der Waals surface area contributed by atoms with Gasteiger partial charge in [0.25, 0.3) is 0 Å². The highest BCUT2D eigenvalue weighted by molar-refractivity contribution is 5.72. The van der Waals surface area contributed by atoms with Crippen LogP contribution in [0.1, 0.15) is 37.8 Å². The van der Waals surface area contributed by atoms with Gasteiger partial charge in [-0.25, -0.2) is 0 Å². The Labute approximate surface area is 161 Å². The Bertz CT molecular complexity index is 929. The molecule has 3 aromatic rings. The zero-order chi connectivity index (χ0) is 19.2. The second-order valence-corrected chi connectivity index (χ2v) is 6.69. The van der Waals surface area contributed by atoms with Crippen LogP contribution in [0.5, 0.6) is 0 Å². The fourth-order valence-electron chi connectivity index (χ4n) is 3.35. The van der Waals surface area contributed by atoms with Crippen molar-refractivity contribution in [2.75, 3.05) is 18.0 Å². The van der Waals surface area contributed by atoms with Gasteiger partial charge in [-0.1, -0.05) is 13.8 Å². The minimum Gasteiger partial charge on any atom is -0.456 e. The Hall–Kier alpha value is -3.06. The third kappa shape index (κ3) is 4.03. The lowest BCUT2D eigenvalue weighted by molar-refractivity contribution is 0.596. The summed E-state index contributed by atoms with van der Waals surface area (Å²) < 4.78 is 6.08. The van der Waals surface area contributed by atoms with Crippen molar-refractivity contribution in [3.8, 4) is 28.7 Å². The first-order valence-corrected chi connectivity index (χ1v) is 9.48. The van der Waals surface area contributed by atoms with E-state index in [0.29, 0.717) is 11.3 Å². The Balaban J connectivity index is 1.88. The van der Waals surface area contributed by atoms with Crippen LogP contribution in [-0.4, -0.2) is 18.1 Å². The van der Waals surface area contributed by atoms with Crippen LogP contribution in [-0.2, 0) is 0 Å². The van der Waals surface area contributed by atoms with E-state index >= 15 is 0 Å². The number of hydrogen-bond donors (Lipinski definition) is 0. The molecule has 27 heavy (non-hydrogen) atoms. The minimum absolute atomic E-state index is 0.529. The third-order valence-corrected chi connectivity index (χ3v) is 4.61. The number of rotatable bonds is 7. The molecule has 0 aliphatic heterocycles. The van der Waals surface area contributed by atoms with Crippen LogP contribution in [0.4, 0.5) is 5.69 Å². The molecule has 0 fully saturated rings. The second-order valence-electron chi connectivity index (χ2n) is 6.69. The van der Waals surface area contributed by atoms with Gasteiger partial charge < -0.3 is 9.32 Å². The third-order valence-electron chi connectivity index (χ3n) is 4.61. The number of aryl methyl sites for hydroxylation is 1. The number of hydrogen-bond acceptors (Lipinski definition) is 4. The first-order chi connectivity index (χ1) is 13.2. The maximum absolute atomic E-state index is 9.36. The van der Waals surface area contributed by atoms with Gasteiger partial charge in [0.2, 0.25) is 0 Å². The van der Waals surface area contributed by atoms with Crippen LogP contribution in [0.3, 0.4) is 0 Å². The van der Waals surface area contributed by atoms with E-state index in [1.54, 1.807) is 12.4 Å². The van der Waals surface area contributed by atoms with Crippen LogP contribution < -0.4 is 4.90 Å². The average Bonchev–Trinajstić information content (AvgIpc) is 3.17. The van der Waals surface area contributed by atoms with Gasteiger partial charge in [0.05, 0.1) is 5.56 Å². The van der Waals surface area contributed by atoms with Crippen LogP contribution in [0.2, 0.25) is 0 Å². The van der Waals surface area contributed by atoms with Gasteiger partial charge in [-0.3, -0.25) is 4.98 Å². The number of pyridine rings is 1. The van der Waals surface area contributed by atoms with E-state index in [1.165, 1.54) is 5.69 Å². The molecule has 0 amide bonds. The Morgan fingerprint density at radius 3 is 2.26 bits per heavy atom. The van der Waals surface area contributed by atoms with Gasteiger partial charge in [-0.2, -0.15) is 5.26 Å². The number of benzene rings is 1. The molecule has 2 aromatic heterocycles. The number of anilines is 1. The Morgan fingerprint density at radius 1 is 0.963 bits per heavy atom. The van der Waals surface area contributed by atoms with Crippen molar-refractivity contribution >= 4 is 5.69 Å². The second kappa shape index (κ2) is 8.55. The van der Waals surface area contributed by atoms with E-state index in [0.717, 1.165) is 48.4 Å². The fourth-order valence-corrected chi connectivity index (χ4v) is 3.35. The summed E-state index contributed by atoms with van der Waals surface area (Å²) in [6, 6.07) is 14.6. The summed E-state index contributed by atoms with van der Waals surface area (Å²) in [7, 11) is 0. The minimum atomic E-state index is 0.529. The Morgan fingerprint density at radius 2 is 1.63 bits per heavy atom. The van der Waals surface area contributed by atoms with Crippen molar-refractivity contribution in [2.45, 2.75) is 33.6 Å². The van der Waals surface area contributed by atoms with Crippen LogP contribution in [0.15, 0.2) is 53.2 Å². The summed E-state index contributed by atoms with van der Waals surface area (Å²) in [5.74, 6) is 1.50. The molecule has 0 bridgehead atoms. The highest BCUT2D eigenvalue weighted by Crippen LogP contribution is 2.32. The fraction of sp³-hybridized carbons (Fsp3) is 0.304. The van der Waals surface area contributed by atoms with E-state index in [1.807, 2.05) is 19.1 Å². The van der Waals surface area contributed by atoms with Crippen molar-refractivity contribution in [3.63, 3.8) is 0 Å². The highest BCUT2D eigenvalue weighted by atomic mass is 16.3. The molecule has 0 radical (unpaired) electrons. The van der Waals surface area contributed by atoms with Gasteiger partial charge in [-0.05, 0) is 61.7 Å². The smallest absolute Gasteiger partial charge is 0.136 e. The summed E-state index contributed by atoms with van der Waals surface area (Å²) in [6.07, 6.45) is 5.60. The van der Waals surface area contributed by atoms with Crippen molar-refractivity contribution in [1.29, 1.82) is 5.26 Å². The number of furan rings is 1. The standard InChI is InChI=1S/C23H25N3O/c1-4-12-26(13-5-2)20-8-6-18(7-9-20)21-10-11-22(27-21)23-17(3)15-25-16-19(23)14-24/h6-11,15-16H,4-5,12-13H2,1-3H3. The molecular formula is C23H25N3O. The van der Waals surface area contributed by atoms with Gasteiger partial charge >= 0.3 is 0 Å². The van der Waals surface area contributed by atoms with Gasteiger partial charge in [0.1, 0.15) is 17.6 Å². The van der Waals surface area contributed by atoms with E-state index in [4.69, 9.17) is 4.42 Å². The van der Waals surface area contributed by atoms with E-state index in [2.05, 4.69) is 54.1 Å². The topological polar surface area (TPSA) is 53.1 Å². The molecule has 0 saturated carbocycles. The lowest BCUT2D eigenvalue weighted by Gasteiger charge is -2.23. The predicted octanol–water partition coefficient (Wildman–Crippen LogP) is 5.82. The molecule has 0 aliphatic carbocycles. The molecule has 0 spiro atoms. The first-order valence-electron chi connectivity index (χ1n) is 9.48. The molecule has 0 unspecified atom stereocenters. The zero-order valence-electron chi connectivity index (χ0n) is 16.2. The van der Waals surface area contributed by atoms with Crippen LogP contribution >= 0.6 is 0 Å². The maximum Gasteiger partial charge on any atom is 0.136 e.